The Morgan fingerprint density at radius 2 is 2.00 bits per heavy atom. The number of aliphatic hydroxyl groups is 1. The molecule has 2 aromatic rings. The summed E-state index contributed by atoms with van der Waals surface area (Å²) in [6.07, 6.45) is 2.08. The molecule has 0 spiro atoms. The molecule has 8 heteroatoms. The number of rotatable bonds is 9. The predicted molar refractivity (Wildman–Crippen MR) is 109 cm³/mol. The van der Waals surface area contributed by atoms with E-state index in [1.165, 1.54) is 29.2 Å². The highest BCUT2D eigenvalue weighted by Gasteiger charge is 2.45. The Morgan fingerprint density at radius 3 is 2.60 bits per heavy atom. The van der Waals surface area contributed by atoms with Crippen LogP contribution in [-0.2, 0) is 4.79 Å². The van der Waals surface area contributed by atoms with Gasteiger partial charge in [-0.1, -0.05) is 0 Å². The van der Waals surface area contributed by atoms with Gasteiger partial charge in [-0.3, -0.25) is 9.59 Å². The number of amides is 1. The lowest BCUT2D eigenvalue weighted by Crippen LogP contribution is -3.05. The van der Waals surface area contributed by atoms with E-state index < -0.39 is 23.5 Å². The maximum absolute atomic E-state index is 13.1. The molecular formula is C22H27N2O6+. The summed E-state index contributed by atoms with van der Waals surface area (Å²) in [7, 11) is 7.10. The molecule has 0 unspecified atom stereocenters. The normalized spacial score (nSPS) is 16.5. The SMILES string of the molecule is COc1ccc([C@H]2C(C(=O)c3ccco3)=C(O)C(=O)N2CCC[NH+](C)C)c(OC)c1. The van der Waals surface area contributed by atoms with Crippen molar-refractivity contribution in [3.63, 3.8) is 0 Å². The summed E-state index contributed by atoms with van der Waals surface area (Å²) in [5.41, 5.74) is 0.568. The van der Waals surface area contributed by atoms with Crippen molar-refractivity contribution in [2.24, 2.45) is 0 Å². The van der Waals surface area contributed by atoms with Gasteiger partial charge in [-0.2, -0.15) is 0 Å². The molecule has 1 atom stereocenters. The second-order valence-corrected chi connectivity index (χ2v) is 7.39. The zero-order valence-electron chi connectivity index (χ0n) is 17.6. The van der Waals surface area contributed by atoms with Crippen molar-refractivity contribution < 1.29 is 33.5 Å². The van der Waals surface area contributed by atoms with Gasteiger partial charge in [0.2, 0.25) is 5.78 Å². The standard InChI is InChI=1S/C22H26N2O6/c1-23(2)10-6-11-24-19(15-9-8-14(28-3)13-17(15)29-4)18(21(26)22(24)27)20(25)16-7-5-12-30-16/h5,7-9,12-13,19,26H,6,10-11H2,1-4H3/p+1/t19-/m0/s1. The number of carbonyl (C=O) groups excluding carboxylic acids is 2. The van der Waals surface area contributed by atoms with Crippen LogP contribution in [0.2, 0.25) is 0 Å². The smallest absolute Gasteiger partial charge is 0.290 e. The number of aliphatic hydroxyl groups excluding tert-OH is 1. The number of nitrogens with zero attached hydrogens (tertiary/aromatic N) is 1. The van der Waals surface area contributed by atoms with E-state index in [4.69, 9.17) is 13.9 Å². The van der Waals surface area contributed by atoms with E-state index >= 15 is 0 Å². The van der Waals surface area contributed by atoms with Crippen molar-refractivity contribution in [1.29, 1.82) is 0 Å². The second kappa shape index (κ2) is 9.04. The number of benzene rings is 1. The highest BCUT2D eigenvalue weighted by Crippen LogP contribution is 2.43. The van der Waals surface area contributed by atoms with Gasteiger partial charge in [0.25, 0.3) is 5.91 Å². The third-order valence-corrected chi connectivity index (χ3v) is 5.10. The number of furan rings is 1. The van der Waals surface area contributed by atoms with Gasteiger partial charge < -0.3 is 28.8 Å². The van der Waals surface area contributed by atoms with Crippen LogP contribution in [-0.4, -0.2) is 63.1 Å². The van der Waals surface area contributed by atoms with Crippen LogP contribution in [0.3, 0.4) is 0 Å². The van der Waals surface area contributed by atoms with Gasteiger partial charge >= 0.3 is 0 Å². The lowest BCUT2D eigenvalue weighted by atomic mass is 9.94. The molecule has 0 saturated heterocycles. The third kappa shape index (κ3) is 4.04. The van der Waals surface area contributed by atoms with E-state index in [1.807, 2.05) is 14.1 Å². The van der Waals surface area contributed by atoms with E-state index in [0.29, 0.717) is 30.0 Å². The maximum atomic E-state index is 13.1. The monoisotopic (exact) mass is 415 g/mol. The van der Waals surface area contributed by atoms with E-state index in [-0.39, 0.29) is 11.3 Å². The molecule has 1 amide bonds. The number of hydrogen-bond donors (Lipinski definition) is 2. The summed E-state index contributed by atoms with van der Waals surface area (Å²) in [5, 5.41) is 10.7. The topological polar surface area (TPSA) is 93.7 Å². The second-order valence-electron chi connectivity index (χ2n) is 7.39. The zero-order chi connectivity index (χ0) is 21.8. The molecule has 8 nitrogen and oxygen atoms in total. The van der Waals surface area contributed by atoms with E-state index in [9.17, 15) is 14.7 Å². The number of hydrogen-bond acceptors (Lipinski definition) is 6. The first kappa shape index (κ1) is 21.4. The van der Waals surface area contributed by atoms with Crippen molar-refractivity contribution >= 4 is 11.7 Å². The molecule has 0 aliphatic carbocycles. The fourth-order valence-electron chi connectivity index (χ4n) is 3.63. The summed E-state index contributed by atoms with van der Waals surface area (Å²) in [6.45, 7) is 1.21. The van der Waals surface area contributed by atoms with Crippen LogP contribution in [0.4, 0.5) is 0 Å². The summed E-state index contributed by atoms with van der Waals surface area (Å²) >= 11 is 0. The molecule has 0 fully saturated rings. The number of nitrogens with one attached hydrogen (secondary N) is 1. The summed E-state index contributed by atoms with van der Waals surface area (Å²) in [6, 6.07) is 7.46. The largest absolute Gasteiger partial charge is 0.503 e. The number of methoxy groups -OCH3 is 2. The quantitative estimate of drug-likeness (QED) is 0.602. The molecule has 3 rings (SSSR count). The number of Topliss-reactive ketones (excluding diaryl/α,β-unsaturated/α-hetero) is 1. The van der Waals surface area contributed by atoms with Crippen LogP contribution in [0.25, 0.3) is 0 Å². The Balaban J connectivity index is 2.08. The van der Waals surface area contributed by atoms with Gasteiger partial charge in [-0.05, 0) is 24.3 Å². The van der Waals surface area contributed by atoms with E-state index in [1.54, 1.807) is 31.4 Å². The van der Waals surface area contributed by atoms with Crippen molar-refractivity contribution in [2.75, 3.05) is 41.4 Å². The molecule has 0 saturated carbocycles. The molecular weight excluding hydrogens is 388 g/mol. The Morgan fingerprint density at radius 1 is 1.23 bits per heavy atom. The first-order valence-electron chi connectivity index (χ1n) is 9.72. The first-order chi connectivity index (χ1) is 14.4. The number of quaternary nitrogens is 1. The maximum Gasteiger partial charge on any atom is 0.290 e. The van der Waals surface area contributed by atoms with Crippen LogP contribution >= 0.6 is 0 Å². The van der Waals surface area contributed by atoms with Gasteiger partial charge in [0, 0.05) is 24.6 Å². The Hall–Kier alpha value is -3.26. The molecule has 1 aliphatic heterocycles. The highest BCUT2D eigenvalue weighted by molar-refractivity contribution is 6.15. The molecule has 2 N–H and O–H groups in total. The average molecular weight is 415 g/mol. The fourth-order valence-corrected chi connectivity index (χ4v) is 3.63. The molecule has 0 radical (unpaired) electrons. The van der Waals surface area contributed by atoms with Gasteiger partial charge in [0.05, 0.1) is 52.7 Å². The fraction of sp³-hybridized carbons (Fsp3) is 0.364. The summed E-state index contributed by atoms with van der Waals surface area (Å²) in [4.78, 5) is 28.8. The van der Waals surface area contributed by atoms with E-state index in [0.717, 1.165) is 6.54 Å². The molecule has 2 heterocycles. The summed E-state index contributed by atoms with van der Waals surface area (Å²) in [5.74, 6) is -0.585. The molecule has 30 heavy (non-hydrogen) atoms. The van der Waals surface area contributed by atoms with Gasteiger partial charge in [-0.15, -0.1) is 0 Å². The van der Waals surface area contributed by atoms with E-state index in [2.05, 4.69) is 0 Å². The van der Waals surface area contributed by atoms with Crippen molar-refractivity contribution in [2.45, 2.75) is 12.5 Å². The summed E-state index contributed by atoms with van der Waals surface area (Å²) < 4.78 is 16.0. The van der Waals surface area contributed by atoms with Gasteiger partial charge in [-0.25, -0.2) is 0 Å². The zero-order valence-corrected chi connectivity index (χ0v) is 17.6. The van der Waals surface area contributed by atoms with Crippen LogP contribution in [0.5, 0.6) is 11.5 Å². The van der Waals surface area contributed by atoms with Crippen molar-refractivity contribution in [3.05, 3.63) is 59.3 Å². The highest BCUT2D eigenvalue weighted by atomic mass is 16.5. The predicted octanol–water partition coefficient (Wildman–Crippen LogP) is 1.41. The molecule has 1 aromatic heterocycles. The number of carbonyl (C=O) groups is 2. The van der Waals surface area contributed by atoms with Crippen LogP contribution in [0.1, 0.15) is 28.6 Å². The lowest BCUT2D eigenvalue weighted by Gasteiger charge is -2.28. The van der Waals surface area contributed by atoms with Crippen molar-refractivity contribution in [1.82, 2.24) is 4.90 Å². The average Bonchev–Trinajstić information content (AvgIpc) is 3.35. The molecule has 1 aromatic carbocycles. The van der Waals surface area contributed by atoms with Crippen LogP contribution in [0.15, 0.2) is 52.3 Å². The third-order valence-electron chi connectivity index (χ3n) is 5.10. The number of ketones is 1. The van der Waals surface area contributed by atoms with Gasteiger partial charge in [0.15, 0.2) is 11.5 Å². The van der Waals surface area contributed by atoms with Crippen LogP contribution < -0.4 is 14.4 Å². The Bertz CT molecular complexity index is 949. The Labute approximate surface area is 175 Å². The van der Waals surface area contributed by atoms with Crippen LogP contribution in [0, 0.1) is 0 Å². The van der Waals surface area contributed by atoms with Crippen molar-refractivity contribution in [3.8, 4) is 11.5 Å². The number of ether oxygens (including phenoxy) is 2. The molecule has 1 aliphatic rings. The molecule has 0 bridgehead atoms. The minimum atomic E-state index is -0.798. The van der Waals surface area contributed by atoms with Gasteiger partial charge in [0.1, 0.15) is 11.5 Å². The lowest BCUT2D eigenvalue weighted by molar-refractivity contribution is -0.858. The minimum Gasteiger partial charge on any atom is -0.503 e. The Kier molecular flexibility index (Phi) is 6.47. The first-order valence-corrected chi connectivity index (χ1v) is 9.72. The minimum absolute atomic E-state index is 0.0179. The molecule has 160 valence electrons.